The van der Waals surface area contributed by atoms with Crippen LogP contribution in [0.4, 0.5) is 13.2 Å². The zero-order valence-electron chi connectivity index (χ0n) is 13.5. The van der Waals surface area contributed by atoms with Crippen molar-refractivity contribution in [2.75, 3.05) is 0 Å². The minimum atomic E-state index is -4.75. The number of hydrogen-bond acceptors (Lipinski definition) is 3. The maximum absolute atomic E-state index is 13.6. The van der Waals surface area contributed by atoms with E-state index in [0.717, 1.165) is 16.6 Å². The Morgan fingerprint density at radius 2 is 1.96 bits per heavy atom. The standard InChI is InChI=1S/C17H13ClF3N3OS/c1-10-6-7-26-14(10)9-22-16(25)13-8-23-24(15(13)17(19,20)21)12-4-2-11(18)3-5-12/h2-8H,9H2,1H3,(H,22,25). The molecule has 2 heterocycles. The van der Waals surface area contributed by atoms with Gasteiger partial charge in [0.1, 0.15) is 0 Å². The summed E-state index contributed by atoms with van der Waals surface area (Å²) < 4.78 is 41.4. The van der Waals surface area contributed by atoms with Crippen molar-refractivity contribution in [1.82, 2.24) is 15.1 Å². The van der Waals surface area contributed by atoms with E-state index < -0.39 is 23.3 Å². The molecule has 136 valence electrons. The highest BCUT2D eigenvalue weighted by Gasteiger charge is 2.40. The van der Waals surface area contributed by atoms with Crippen molar-refractivity contribution in [3.63, 3.8) is 0 Å². The SMILES string of the molecule is Cc1ccsc1CNC(=O)c1cnn(-c2ccc(Cl)cc2)c1C(F)(F)F. The van der Waals surface area contributed by atoms with E-state index in [4.69, 9.17) is 11.6 Å². The molecule has 0 atom stereocenters. The van der Waals surface area contributed by atoms with Crippen LogP contribution in [0.1, 0.15) is 26.5 Å². The van der Waals surface area contributed by atoms with Crippen LogP contribution in [0.5, 0.6) is 0 Å². The highest BCUT2D eigenvalue weighted by Crippen LogP contribution is 2.34. The predicted molar refractivity (Wildman–Crippen MR) is 93.8 cm³/mol. The van der Waals surface area contributed by atoms with Crippen LogP contribution in [0.15, 0.2) is 41.9 Å². The average molecular weight is 400 g/mol. The number of carbonyl (C=O) groups is 1. The van der Waals surface area contributed by atoms with Crippen LogP contribution in [0, 0.1) is 6.92 Å². The van der Waals surface area contributed by atoms with Gasteiger partial charge in [0.25, 0.3) is 5.91 Å². The monoisotopic (exact) mass is 399 g/mol. The third-order valence-corrected chi connectivity index (χ3v) is 5.01. The van der Waals surface area contributed by atoms with Crippen molar-refractivity contribution in [1.29, 1.82) is 0 Å². The van der Waals surface area contributed by atoms with Crippen LogP contribution in [-0.2, 0) is 12.7 Å². The maximum atomic E-state index is 13.6. The number of carbonyl (C=O) groups excluding carboxylic acids is 1. The van der Waals surface area contributed by atoms with Gasteiger partial charge in [-0.15, -0.1) is 11.3 Å². The summed E-state index contributed by atoms with van der Waals surface area (Å²) in [5.74, 6) is -0.828. The number of rotatable bonds is 4. The summed E-state index contributed by atoms with van der Waals surface area (Å²) in [5.41, 5.74) is -0.514. The molecule has 0 unspecified atom stereocenters. The first-order valence-electron chi connectivity index (χ1n) is 7.49. The topological polar surface area (TPSA) is 46.9 Å². The molecule has 0 saturated carbocycles. The first kappa shape index (κ1) is 18.5. The van der Waals surface area contributed by atoms with Gasteiger partial charge in [-0.3, -0.25) is 4.79 Å². The molecule has 0 aliphatic rings. The van der Waals surface area contributed by atoms with Crippen LogP contribution in [0.3, 0.4) is 0 Å². The molecule has 0 spiro atoms. The fourth-order valence-corrected chi connectivity index (χ4v) is 3.38. The van der Waals surface area contributed by atoms with E-state index in [1.807, 2.05) is 18.4 Å². The second kappa shape index (κ2) is 7.13. The zero-order valence-corrected chi connectivity index (χ0v) is 15.0. The fourth-order valence-electron chi connectivity index (χ4n) is 2.41. The number of halogens is 4. The largest absolute Gasteiger partial charge is 0.434 e. The number of aromatic nitrogens is 2. The highest BCUT2D eigenvalue weighted by atomic mass is 35.5. The molecule has 26 heavy (non-hydrogen) atoms. The van der Waals surface area contributed by atoms with E-state index in [0.29, 0.717) is 9.70 Å². The number of benzene rings is 1. The van der Waals surface area contributed by atoms with Gasteiger partial charge in [-0.05, 0) is 48.2 Å². The quantitative estimate of drug-likeness (QED) is 0.682. The molecule has 0 fully saturated rings. The maximum Gasteiger partial charge on any atom is 0.434 e. The van der Waals surface area contributed by atoms with E-state index in [1.165, 1.54) is 35.6 Å². The highest BCUT2D eigenvalue weighted by molar-refractivity contribution is 7.10. The molecule has 4 nitrogen and oxygen atoms in total. The summed E-state index contributed by atoms with van der Waals surface area (Å²) in [4.78, 5) is 13.2. The number of thiophene rings is 1. The van der Waals surface area contributed by atoms with Gasteiger partial charge in [-0.2, -0.15) is 18.3 Å². The molecule has 2 aromatic heterocycles. The van der Waals surface area contributed by atoms with Crippen molar-refractivity contribution in [3.05, 3.63) is 68.6 Å². The van der Waals surface area contributed by atoms with Crippen molar-refractivity contribution >= 4 is 28.8 Å². The van der Waals surface area contributed by atoms with Gasteiger partial charge in [0, 0.05) is 9.90 Å². The number of nitrogens with one attached hydrogen (secondary N) is 1. The van der Waals surface area contributed by atoms with Crippen molar-refractivity contribution in [3.8, 4) is 5.69 Å². The number of nitrogens with zero attached hydrogens (tertiary/aromatic N) is 2. The Bertz CT molecular complexity index is 932. The van der Waals surface area contributed by atoms with Crippen LogP contribution in [-0.4, -0.2) is 15.7 Å². The Kier molecular flexibility index (Phi) is 5.06. The molecule has 0 radical (unpaired) electrons. The first-order valence-corrected chi connectivity index (χ1v) is 8.75. The van der Waals surface area contributed by atoms with Crippen LogP contribution < -0.4 is 5.32 Å². The molecule has 1 amide bonds. The van der Waals surface area contributed by atoms with E-state index in [2.05, 4.69) is 10.4 Å². The number of amides is 1. The third-order valence-electron chi connectivity index (χ3n) is 3.73. The minimum absolute atomic E-state index is 0.158. The summed E-state index contributed by atoms with van der Waals surface area (Å²) in [6, 6.07) is 7.60. The second-order valence-corrected chi connectivity index (χ2v) is 6.94. The predicted octanol–water partition coefficient (Wildman–Crippen LogP) is 4.84. The lowest BCUT2D eigenvalue weighted by Gasteiger charge is -2.13. The Balaban J connectivity index is 1.93. The summed E-state index contributed by atoms with van der Waals surface area (Å²) in [6.45, 7) is 2.03. The molecule has 0 aliphatic heterocycles. The Hall–Kier alpha value is -2.32. The van der Waals surface area contributed by atoms with Gasteiger partial charge in [0.15, 0.2) is 5.69 Å². The number of aryl methyl sites for hydroxylation is 1. The van der Waals surface area contributed by atoms with E-state index >= 15 is 0 Å². The van der Waals surface area contributed by atoms with Crippen LogP contribution in [0.2, 0.25) is 5.02 Å². The lowest BCUT2D eigenvalue weighted by atomic mass is 10.2. The third kappa shape index (κ3) is 3.76. The average Bonchev–Trinajstić information content (AvgIpc) is 3.19. The number of hydrogen-bond donors (Lipinski definition) is 1. The van der Waals surface area contributed by atoms with Gasteiger partial charge in [0.05, 0.1) is 24.0 Å². The Labute approximate surface area is 156 Å². The molecule has 3 rings (SSSR count). The van der Waals surface area contributed by atoms with Gasteiger partial charge in [-0.25, -0.2) is 4.68 Å². The molecule has 3 aromatic rings. The summed E-state index contributed by atoms with van der Waals surface area (Å²) >= 11 is 7.20. The van der Waals surface area contributed by atoms with E-state index in [-0.39, 0.29) is 12.2 Å². The molecular weight excluding hydrogens is 387 g/mol. The molecule has 0 bridgehead atoms. The van der Waals surface area contributed by atoms with Gasteiger partial charge < -0.3 is 5.32 Å². The van der Waals surface area contributed by atoms with Crippen LogP contribution in [0.25, 0.3) is 5.69 Å². The molecule has 0 saturated heterocycles. The zero-order chi connectivity index (χ0) is 18.9. The van der Waals surface area contributed by atoms with E-state index in [1.54, 1.807) is 0 Å². The smallest absolute Gasteiger partial charge is 0.347 e. The molecule has 9 heteroatoms. The summed E-state index contributed by atoms with van der Waals surface area (Å²) in [6.07, 6.45) is -3.82. The molecular formula is C17H13ClF3N3OS. The van der Waals surface area contributed by atoms with E-state index in [9.17, 15) is 18.0 Å². The van der Waals surface area contributed by atoms with Crippen LogP contribution >= 0.6 is 22.9 Å². The first-order chi connectivity index (χ1) is 12.3. The lowest BCUT2D eigenvalue weighted by molar-refractivity contribution is -0.143. The lowest BCUT2D eigenvalue weighted by Crippen LogP contribution is -2.26. The van der Waals surface area contributed by atoms with Gasteiger partial charge in [0.2, 0.25) is 0 Å². The summed E-state index contributed by atoms with van der Waals surface area (Å²) in [5, 5.41) is 8.53. The fraction of sp³-hybridized carbons (Fsp3) is 0.176. The molecule has 0 aliphatic carbocycles. The number of alkyl halides is 3. The normalized spacial score (nSPS) is 11.6. The van der Waals surface area contributed by atoms with Crippen molar-refractivity contribution < 1.29 is 18.0 Å². The van der Waals surface area contributed by atoms with Crippen molar-refractivity contribution in [2.24, 2.45) is 0 Å². The summed E-state index contributed by atoms with van der Waals surface area (Å²) in [7, 11) is 0. The Morgan fingerprint density at radius 1 is 1.27 bits per heavy atom. The molecule has 1 aromatic carbocycles. The minimum Gasteiger partial charge on any atom is -0.347 e. The Morgan fingerprint density at radius 3 is 2.54 bits per heavy atom. The van der Waals surface area contributed by atoms with Crippen molar-refractivity contribution in [2.45, 2.75) is 19.6 Å². The second-order valence-electron chi connectivity index (χ2n) is 5.50. The van der Waals surface area contributed by atoms with Gasteiger partial charge >= 0.3 is 6.18 Å². The van der Waals surface area contributed by atoms with Gasteiger partial charge in [-0.1, -0.05) is 11.6 Å². The molecule has 1 N–H and O–H groups in total.